The largest absolute Gasteiger partial charge is 0.493 e. The molecule has 0 fully saturated rings. The molecule has 0 aromatic heterocycles. The lowest BCUT2D eigenvalue weighted by Gasteiger charge is -2.13. The normalized spacial score (nSPS) is 11.5. The summed E-state index contributed by atoms with van der Waals surface area (Å²) in [5.41, 5.74) is 6.21. The number of hydrogen-bond acceptors (Lipinski definition) is 5. The topological polar surface area (TPSA) is 90.6 Å². The third-order valence-electron chi connectivity index (χ3n) is 2.66. The summed E-state index contributed by atoms with van der Waals surface area (Å²) in [6.07, 6.45) is 0.108. The zero-order chi connectivity index (χ0) is 15.7. The Labute approximate surface area is 124 Å². The Morgan fingerprint density at radius 3 is 2.81 bits per heavy atom. The fourth-order valence-corrected chi connectivity index (χ4v) is 1.56. The zero-order valence-corrected chi connectivity index (χ0v) is 12.4. The van der Waals surface area contributed by atoms with Crippen molar-refractivity contribution in [2.24, 2.45) is 0 Å². The van der Waals surface area contributed by atoms with Crippen molar-refractivity contribution in [2.75, 3.05) is 18.9 Å². The van der Waals surface area contributed by atoms with Gasteiger partial charge in [-0.2, -0.15) is 0 Å². The van der Waals surface area contributed by atoms with Crippen LogP contribution < -0.4 is 15.8 Å². The second-order valence-corrected chi connectivity index (χ2v) is 4.59. The average Bonchev–Trinajstić information content (AvgIpc) is 2.44. The molecule has 1 aromatic carbocycles. The minimum absolute atomic E-state index is 0.0696. The van der Waals surface area contributed by atoms with E-state index in [0.717, 1.165) is 6.42 Å². The van der Waals surface area contributed by atoms with E-state index in [1.807, 2.05) is 6.92 Å². The van der Waals surface area contributed by atoms with E-state index < -0.39 is 12.1 Å². The van der Waals surface area contributed by atoms with E-state index in [0.29, 0.717) is 18.0 Å². The number of esters is 1. The maximum absolute atomic E-state index is 11.6. The zero-order valence-electron chi connectivity index (χ0n) is 12.4. The molecule has 116 valence electrons. The van der Waals surface area contributed by atoms with Crippen LogP contribution in [0, 0.1) is 0 Å². The van der Waals surface area contributed by atoms with Crippen LogP contribution in [0.2, 0.25) is 0 Å². The number of carbonyl (C=O) groups excluding carboxylic acids is 2. The highest BCUT2D eigenvalue weighted by Crippen LogP contribution is 2.14. The molecule has 0 aliphatic rings. The molecule has 0 saturated carbocycles. The van der Waals surface area contributed by atoms with Crippen LogP contribution in [0.3, 0.4) is 0 Å². The van der Waals surface area contributed by atoms with E-state index in [-0.39, 0.29) is 18.9 Å². The molecule has 21 heavy (non-hydrogen) atoms. The Bertz CT molecular complexity index is 476. The lowest BCUT2D eigenvalue weighted by atomic mass is 10.3. The van der Waals surface area contributed by atoms with Gasteiger partial charge in [-0.25, -0.2) is 0 Å². The number of carbonyl (C=O) groups is 2. The van der Waals surface area contributed by atoms with Gasteiger partial charge in [-0.15, -0.1) is 0 Å². The summed E-state index contributed by atoms with van der Waals surface area (Å²) in [6, 6.07) is 6.94. The van der Waals surface area contributed by atoms with Gasteiger partial charge in [-0.1, -0.05) is 13.0 Å². The molecule has 0 radical (unpaired) electrons. The summed E-state index contributed by atoms with van der Waals surface area (Å²) >= 11 is 0. The molecule has 0 aliphatic carbocycles. The van der Waals surface area contributed by atoms with Gasteiger partial charge in [0.15, 0.2) is 6.10 Å². The molecule has 0 spiro atoms. The molecule has 6 heteroatoms. The second kappa shape index (κ2) is 8.84. The predicted molar refractivity (Wildman–Crippen MR) is 79.8 cm³/mol. The SMILES string of the molecule is CCCNC(=O)C(C)OC(=O)CCOc1cccc(N)c1. The summed E-state index contributed by atoms with van der Waals surface area (Å²) in [6.45, 7) is 4.23. The summed E-state index contributed by atoms with van der Waals surface area (Å²) in [5.74, 6) is -0.170. The number of amides is 1. The molecular formula is C15H22N2O4. The Hall–Kier alpha value is -2.24. The molecule has 0 saturated heterocycles. The summed E-state index contributed by atoms with van der Waals surface area (Å²) < 4.78 is 10.4. The van der Waals surface area contributed by atoms with Crippen LogP contribution in [0.15, 0.2) is 24.3 Å². The lowest BCUT2D eigenvalue weighted by Crippen LogP contribution is -2.36. The maximum Gasteiger partial charge on any atom is 0.310 e. The van der Waals surface area contributed by atoms with E-state index in [9.17, 15) is 9.59 Å². The van der Waals surface area contributed by atoms with Crippen molar-refractivity contribution in [3.05, 3.63) is 24.3 Å². The Kier molecular flexibility index (Phi) is 7.08. The van der Waals surface area contributed by atoms with Crippen LogP contribution in [0.5, 0.6) is 5.75 Å². The molecule has 1 rings (SSSR count). The van der Waals surface area contributed by atoms with Crippen molar-refractivity contribution in [2.45, 2.75) is 32.8 Å². The molecular weight excluding hydrogens is 272 g/mol. The van der Waals surface area contributed by atoms with Crippen molar-refractivity contribution in [1.29, 1.82) is 0 Å². The first kappa shape index (κ1) is 16.8. The fraction of sp³-hybridized carbons (Fsp3) is 0.467. The fourth-order valence-electron chi connectivity index (χ4n) is 1.56. The van der Waals surface area contributed by atoms with Crippen molar-refractivity contribution in [1.82, 2.24) is 5.32 Å². The number of rotatable bonds is 8. The number of anilines is 1. The predicted octanol–water partition coefficient (Wildman–Crippen LogP) is 1.50. The molecule has 0 bridgehead atoms. The van der Waals surface area contributed by atoms with Crippen molar-refractivity contribution >= 4 is 17.6 Å². The molecule has 1 aromatic rings. The summed E-state index contributed by atoms with van der Waals surface area (Å²) in [7, 11) is 0. The summed E-state index contributed by atoms with van der Waals surface area (Å²) in [4.78, 5) is 23.1. The molecule has 1 amide bonds. The number of benzene rings is 1. The molecule has 0 heterocycles. The first-order valence-electron chi connectivity index (χ1n) is 6.98. The van der Waals surface area contributed by atoms with Crippen LogP contribution in [-0.4, -0.2) is 31.1 Å². The first-order valence-corrected chi connectivity index (χ1v) is 6.98. The number of nitrogens with two attached hydrogens (primary N) is 1. The van der Waals surface area contributed by atoms with Crippen LogP contribution in [-0.2, 0) is 14.3 Å². The minimum Gasteiger partial charge on any atom is -0.493 e. The maximum atomic E-state index is 11.6. The third-order valence-corrected chi connectivity index (χ3v) is 2.66. The number of ether oxygens (including phenoxy) is 2. The second-order valence-electron chi connectivity index (χ2n) is 4.59. The number of hydrogen-bond donors (Lipinski definition) is 2. The Balaban J connectivity index is 2.26. The van der Waals surface area contributed by atoms with Crippen molar-refractivity contribution in [3.63, 3.8) is 0 Å². The highest BCUT2D eigenvalue weighted by atomic mass is 16.5. The van der Waals surface area contributed by atoms with Gasteiger partial charge in [0.05, 0.1) is 13.0 Å². The van der Waals surface area contributed by atoms with Gasteiger partial charge in [0.25, 0.3) is 5.91 Å². The number of nitrogen functional groups attached to an aromatic ring is 1. The average molecular weight is 294 g/mol. The van der Waals surface area contributed by atoms with Crippen LogP contribution in [0.1, 0.15) is 26.7 Å². The number of nitrogens with one attached hydrogen (secondary N) is 1. The highest BCUT2D eigenvalue weighted by molar-refractivity contribution is 5.83. The van der Waals surface area contributed by atoms with Crippen LogP contribution >= 0.6 is 0 Å². The van der Waals surface area contributed by atoms with E-state index in [1.165, 1.54) is 0 Å². The molecule has 1 unspecified atom stereocenters. The lowest BCUT2D eigenvalue weighted by molar-refractivity contribution is -0.155. The van der Waals surface area contributed by atoms with Gasteiger partial charge in [-0.05, 0) is 25.5 Å². The van der Waals surface area contributed by atoms with Gasteiger partial charge in [0.2, 0.25) is 0 Å². The molecule has 6 nitrogen and oxygen atoms in total. The van der Waals surface area contributed by atoms with E-state index in [4.69, 9.17) is 15.2 Å². The minimum atomic E-state index is -0.795. The molecule has 1 atom stereocenters. The monoisotopic (exact) mass is 294 g/mol. The van der Waals surface area contributed by atoms with Gasteiger partial charge in [0.1, 0.15) is 5.75 Å². The van der Waals surface area contributed by atoms with Crippen LogP contribution in [0.4, 0.5) is 5.69 Å². The van der Waals surface area contributed by atoms with Gasteiger partial charge < -0.3 is 20.5 Å². The Morgan fingerprint density at radius 1 is 1.38 bits per heavy atom. The van der Waals surface area contributed by atoms with Gasteiger partial charge >= 0.3 is 5.97 Å². The summed E-state index contributed by atoms with van der Waals surface area (Å²) in [5, 5.41) is 2.66. The van der Waals surface area contributed by atoms with Crippen LogP contribution in [0.25, 0.3) is 0 Å². The van der Waals surface area contributed by atoms with Crippen molar-refractivity contribution in [3.8, 4) is 5.75 Å². The van der Waals surface area contributed by atoms with Gasteiger partial charge in [-0.3, -0.25) is 9.59 Å². The Morgan fingerprint density at radius 2 is 2.14 bits per heavy atom. The van der Waals surface area contributed by atoms with Gasteiger partial charge in [0, 0.05) is 18.3 Å². The standard InChI is InChI=1S/C15H22N2O4/c1-3-8-17-15(19)11(2)21-14(18)7-9-20-13-6-4-5-12(16)10-13/h4-6,10-11H,3,7-9,16H2,1-2H3,(H,17,19). The van der Waals surface area contributed by atoms with Crippen molar-refractivity contribution < 1.29 is 19.1 Å². The van der Waals surface area contributed by atoms with E-state index in [2.05, 4.69) is 5.32 Å². The molecule has 3 N–H and O–H groups in total. The van der Waals surface area contributed by atoms with E-state index >= 15 is 0 Å². The quantitative estimate of drug-likeness (QED) is 0.560. The first-order chi connectivity index (χ1) is 10.0. The third kappa shape index (κ3) is 6.65. The smallest absolute Gasteiger partial charge is 0.310 e. The highest BCUT2D eigenvalue weighted by Gasteiger charge is 2.16. The molecule has 0 aliphatic heterocycles. The van der Waals surface area contributed by atoms with E-state index in [1.54, 1.807) is 31.2 Å².